The highest BCUT2D eigenvalue weighted by molar-refractivity contribution is 5.92. The third kappa shape index (κ3) is 4.10. The lowest BCUT2D eigenvalue weighted by Gasteiger charge is -2.25. The van der Waals surface area contributed by atoms with Gasteiger partial charge < -0.3 is 14.4 Å². The van der Waals surface area contributed by atoms with Crippen LogP contribution in [0.25, 0.3) is 6.08 Å². The minimum atomic E-state index is 0.0265. The normalized spacial score (nSPS) is 15.6. The molecule has 0 radical (unpaired) electrons. The zero-order valence-electron chi connectivity index (χ0n) is 11.9. The van der Waals surface area contributed by atoms with Crippen LogP contribution in [0.3, 0.4) is 0 Å². The summed E-state index contributed by atoms with van der Waals surface area (Å²) in [4.78, 5) is 13.8. The van der Waals surface area contributed by atoms with Crippen LogP contribution in [-0.2, 0) is 9.53 Å². The van der Waals surface area contributed by atoms with Gasteiger partial charge in [-0.25, -0.2) is 0 Å². The molecule has 1 heterocycles. The zero-order valence-corrected chi connectivity index (χ0v) is 11.9. The molecule has 1 aliphatic heterocycles. The number of rotatable bonds is 5. The fraction of sp³-hybridized carbons (Fsp3) is 0.438. The van der Waals surface area contributed by atoms with Crippen LogP contribution in [0, 0.1) is 0 Å². The van der Waals surface area contributed by atoms with Crippen LogP contribution in [0.4, 0.5) is 0 Å². The fourth-order valence-electron chi connectivity index (χ4n) is 2.01. The van der Waals surface area contributed by atoms with Crippen molar-refractivity contribution < 1.29 is 14.3 Å². The lowest BCUT2D eigenvalue weighted by molar-refractivity contribution is -0.129. The first kappa shape index (κ1) is 14.6. The molecule has 0 atom stereocenters. The van der Waals surface area contributed by atoms with E-state index in [1.54, 1.807) is 11.0 Å². The van der Waals surface area contributed by atoms with E-state index in [1.807, 2.05) is 30.3 Å². The number of amides is 1. The molecule has 1 aliphatic rings. The third-order valence-electron chi connectivity index (χ3n) is 3.11. The van der Waals surface area contributed by atoms with E-state index in [2.05, 4.69) is 6.92 Å². The van der Waals surface area contributed by atoms with E-state index in [0.717, 1.165) is 17.7 Å². The van der Waals surface area contributed by atoms with Crippen LogP contribution in [-0.4, -0.2) is 43.7 Å². The topological polar surface area (TPSA) is 38.8 Å². The summed E-state index contributed by atoms with van der Waals surface area (Å²) in [6.45, 7) is 5.32. The largest absolute Gasteiger partial charge is 0.493 e. The van der Waals surface area contributed by atoms with Crippen molar-refractivity contribution >= 4 is 12.0 Å². The molecule has 1 fully saturated rings. The van der Waals surface area contributed by atoms with Crippen molar-refractivity contribution in [1.82, 2.24) is 4.90 Å². The van der Waals surface area contributed by atoms with E-state index in [0.29, 0.717) is 32.9 Å². The molecule has 4 heteroatoms. The van der Waals surface area contributed by atoms with Crippen LogP contribution in [0.15, 0.2) is 30.3 Å². The minimum Gasteiger partial charge on any atom is -0.493 e. The molecule has 4 nitrogen and oxygen atoms in total. The number of para-hydroxylation sites is 1. The average molecular weight is 275 g/mol. The number of morpholine rings is 1. The van der Waals surface area contributed by atoms with E-state index in [1.165, 1.54) is 0 Å². The van der Waals surface area contributed by atoms with E-state index >= 15 is 0 Å². The molecule has 108 valence electrons. The highest BCUT2D eigenvalue weighted by Crippen LogP contribution is 2.19. The Balaban J connectivity index is 2.00. The van der Waals surface area contributed by atoms with Gasteiger partial charge in [0.25, 0.3) is 0 Å². The Bertz CT molecular complexity index is 465. The molecule has 0 spiro atoms. The molecule has 0 saturated carbocycles. The van der Waals surface area contributed by atoms with Gasteiger partial charge in [0.05, 0.1) is 19.8 Å². The second-order valence-electron chi connectivity index (χ2n) is 4.66. The summed E-state index contributed by atoms with van der Waals surface area (Å²) >= 11 is 0. The molecule has 0 bridgehead atoms. The average Bonchev–Trinajstić information content (AvgIpc) is 2.52. The van der Waals surface area contributed by atoms with Crippen molar-refractivity contribution in [2.24, 2.45) is 0 Å². The first-order valence-corrected chi connectivity index (χ1v) is 7.08. The Kier molecular flexibility index (Phi) is 5.62. The summed E-state index contributed by atoms with van der Waals surface area (Å²) in [6, 6.07) is 7.76. The second kappa shape index (κ2) is 7.70. The number of nitrogens with zero attached hydrogens (tertiary/aromatic N) is 1. The molecule has 0 N–H and O–H groups in total. The Morgan fingerprint density at radius 2 is 2.10 bits per heavy atom. The maximum atomic E-state index is 12.0. The molecule has 0 aromatic heterocycles. The van der Waals surface area contributed by atoms with E-state index in [4.69, 9.17) is 9.47 Å². The van der Waals surface area contributed by atoms with Crippen LogP contribution in [0.2, 0.25) is 0 Å². The van der Waals surface area contributed by atoms with E-state index < -0.39 is 0 Å². The van der Waals surface area contributed by atoms with Gasteiger partial charge in [-0.3, -0.25) is 4.79 Å². The quantitative estimate of drug-likeness (QED) is 0.774. The molecule has 1 aromatic carbocycles. The summed E-state index contributed by atoms with van der Waals surface area (Å²) < 4.78 is 10.9. The predicted molar refractivity (Wildman–Crippen MR) is 78.7 cm³/mol. The Labute approximate surface area is 120 Å². The molecular weight excluding hydrogens is 254 g/mol. The van der Waals surface area contributed by atoms with Crippen LogP contribution in [0.1, 0.15) is 18.9 Å². The van der Waals surface area contributed by atoms with Gasteiger partial charge in [0, 0.05) is 24.7 Å². The molecule has 20 heavy (non-hydrogen) atoms. The molecular formula is C16H21NO3. The monoisotopic (exact) mass is 275 g/mol. The van der Waals surface area contributed by atoms with Crippen molar-refractivity contribution in [3.05, 3.63) is 35.9 Å². The predicted octanol–water partition coefficient (Wildman–Crippen LogP) is 2.35. The maximum absolute atomic E-state index is 12.0. The maximum Gasteiger partial charge on any atom is 0.246 e. The number of benzene rings is 1. The third-order valence-corrected chi connectivity index (χ3v) is 3.11. The van der Waals surface area contributed by atoms with Crippen molar-refractivity contribution in [1.29, 1.82) is 0 Å². The molecule has 1 aromatic rings. The highest BCUT2D eigenvalue weighted by Gasteiger charge is 2.14. The lowest BCUT2D eigenvalue weighted by atomic mass is 10.2. The fourth-order valence-corrected chi connectivity index (χ4v) is 2.01. The van der Waals surface area contributed by atoms with E-state index in [-0.39, 0.29) is 5.91 Å². The summed E-state index contributed by atoms with van der Waals surface area (Å²) in [5.41, 5.74) is 0.933. The van der Waals surface area contributed by atoms with Gasteiger partial charge in [-0.05, 0) is 18.6 Å². The number of carbonyl (C=O) groups is 1. The minimum absolute atomic E-state index is 0.0265. The van der Waals surface area contributed by atoms with E-state index in [9.17, 15) is 4.79 Å². The molecule has 1 saturated heterocycles. The summed E-state index contributed by atoms with van der Waals surface area (Å²) in [5, 5.41) is 0. The van der Waals surface area contributed by atoms with Gasteiger partial charge in [-0.15, -0.1) is 0 Å². The number of carbonyl (C=O) groups excluding carboxylic acids is 1. The van der Waals surface area contributed by atoms with Crippen molar-refractivity contribution in [2.45, 2.75) is 13.3 Å². The van der Waals surface area contributed by atoms with Gasteiger partial charge >= 0.3 is 0 Å². The Morgan fingerprint density at radius 3 is 2.85 bits per heavy atom. The Morgan fingerprint density at radius 1 is 1.35 bits per heavy atom. The van der Waals surface area contributed by atoms with Crippen LogP contribution >= 0.6 is 0 Å². The van der Waals surface area contributed by atoms with Gasteiger partial charge in [0.15, 0.2) is 0 Å². The zero-order chi connectivity index (χ0) is 14.2. The number of hydrogen-bond acceptors (Lipinski definition) is 3. The van der Waals surface area contributed by atoms with Gasteiger partial charge in [0.1, 0.15) is 5.75 Å². The second-order valence-corrected chi connectivity index (χ2v) is 4.66. The lowest BCUT2D eigenvalue weighted by Crippen LogP contribution is -2.39. The first-order chi connectivity index (χ1) is 9.81. The number of ether oxygens (including phenoxy) is 2. The van der Waals surface area contributed by atoms with Crippen molar-refractivity contribution in [2.75, 3.05) is 32.9 Å². The number of hydrogen-bond donors (Lipinski definition) is 0. The first-order valence-electron chi connectivity index (χ1n) is 7.08. The van der Waals surface area contributed by atoms with Crippen LogP contribution < -0.4 is 4.74 Å². The van der Waals surface area contributed by atoms with Crippen molar-refractivity contribution in [3.63, 3.8) is 0 Å². The molecule has 1 amide bonds. The Hall–Kier alpha value is -1.81. The SMILES string of the molecule is CCCOc1ccccc1/C=C/C(=O)N1CCOCC1. The molecule has 0 unspecified atom stereocenters. The summed E-state index contributed by atoms with van der Waals surface area (Å²) in [6.07, 6.45) is 4.40. The molecule has 0 aliphatic carbocycles. The van der Waals surface area contributed by atoms with Crippen LogP contribution in [0.5, 0.6) is 5.75 Å². The van der Waals surface area contributed by atoms with Crippen molar-refractivity contribution in [3.8, 4) is 5.75 Å². The smallest absolute Gasteiger partial charge is 0.246 e. The summed E-state index contributed by atoms with van der Waals surface area (Å²) in [5.74, 6) is 0.846. The van der Waals surface area contributed by atoms with Gasteiger partial charge in [0.2, 0.25) is 5.91 Å². The standard InChI is InChI=1S/C16H21NO3/c1-2-11-20-15-6-4-3-5-14(15)7-8-16(18)17-9-12-19-13-10-17/h3-8H,2,9-13H2,1H3/b8-7+. The highest BCUT2D eigenvalue weighted by atomic mass is 16.5. The molecule has 2 rings (SSSR count). The summed E-state index contributed by atoms with van der Waals surface area (Å²) in [7, 11) is 0. The van der Waals surface area contributed by atoms with Gasteiger partial charge in [-0.1, -0.05) is 25.1 Å². The van der Waals surface area contributed by atoms with Gasteiger partial charge in [-0.2, -0.15) is 0 Å².